The summed E-state index contributed by atoms with van der Waals surface area (Å²) in [6, 6.07) is 0. The standard InChI is InChI=1S/C31H60O2/c1-3-4-5-6-7-8-9-10-13-16-19-22-25-28-31(33)29-26-23-20-17-14-11-12-15-18-21-24-27-30(2)32/h3-29H2,1-2H3. The molecule has 0 amide bonds. The summed E-state index contributed by atoms with van der Waals surface area (Å²) in [6.45, 7) is 3.97. The molecule has 2 nitrogen and oxygen atoms in total. The summed E-state index contributed by atoms with van der Waals surface area (Å²) in [5, 5.41) is 0. The van der Waals surface area contributed by atoms with Crippen LogP contribution in [0.15, 0.2) is 0 Å². The van der Waals surface area contributed by atoms with E-state index in [2.05, 4.69) is 6.92 Å². The molecular formula is C31H60O2. The van der Waals surface area contributed by atoms with Gasteiger partial charge in [0.25, 0.3) is 0 Å². The molecule has 0 aromatic rings. The van der Waals surface area contributed by atoms with Crippen molar-refractivity contribution in [1.29, 1.82) is 0 Å². The van der Waals surface area contributed by atoms with Crippen molar-refractivity contribution in [2.45, 2.75) is 187 Å². The topological polar surface area (TPSA) is 34.1 Å². The minimum atomic E-state index is 0.330. The van der Waals surface area contributed by atoms with Crippen LogP contribution in [-0.4, -0.2) is 11.6 Å². The highest BCUT2D eigenvalue weighted by atomic mass is 16.1. The largest absolute Gasteiger partial charge is 0.300 e. The molecule has 0 aromatic carbocycles. The van der Waals surface area contributed by atoms with Gasteiger partial charge in [0.15, 0.2) is 0 Å². The lowest BCUT2D eigenvalue weighted by Gasteiger charge is -2.04. The molecule has 0 heterocycles. The van der Waals surface area contributed by atoms with Gasteiger partial charge >= 0.3 is 0 Å². The Hall–Kier alpha value is -0.660. The molecule has 33 heavy (non-hydrogen) atoms. The molecule has 0 spiro atoms. The smallest absolute Gasteiger partial charge is 0.132 e. The van der Waals surface area contributed by atoms with Crippen LogP contribution in [-0.2, 0) is 9.59 Å². The van der Waals surface area contributed by atoms with Crippen molar-refractivity contribution >= 4 is 11.6 Å². The second-order valence-electron chi connectivity index (χ2n) is 10.6. The van der Waals surface area contributed by atoms with Gasteiger partial charge in [-0.2, -0.15) is 0 Å². The van der Waals surface area contributed by atoms with Crippen molar-refractivity contribution in [2.75, 3.05) is 0 Å². The summed E-state index contributed by atoms with van der Waals surface area (Å²) in [5.41, 5.74) is 0. The Morgan fingerprint density at radius 2 is 0.606 bits per heavy atom. The van der Waals surface area contributed by atoms with Crippen molar-refractivity contribution in [3.8, 4) is 0 Å². The van der Waals surface area contributed by atoms with E-state index in [0.717, 1.165) is 38.5 Å². The second kappa shape index (κ2) is 27.6. The Morgan fingerprint density at radius 1 is 0.364 bits per heavy atom. The third-order valence-corrected chi connectivity index (χ3v) is 7.04. The second-order valence-corrected chi connectivity index (χ2v) is 10.6. The Kier molecular flexibility index (Phi) is 27.0. The molecule has 196 valence electrons. The van der Waals surface area contributed by atoms with Crippen LogP contribution in [0, 0.1) is 0 Å². The lowest BCUT2D eigenvalue weighted by atomic mass is 10.0. The van der Waals surface area contributed by atoms with Gasteiger partial charge < -0.3 is 4.79 Å². The molecular weight excluding hydrogens is 404 g/mol. The molecule has 0 bridgehead atoms. The van der Waals surface area contributed by atoms with E-state index in [-0.39, 0.29) is 0 Å². The van der Waals surface area contributed by atoms with Crippen molar-refractivity contribution in [1.82, 2.24) is 0 Å². The third kappa shape index (κ3) is 29.3. The summed E-state index contributed by atoms with van der Waals surface area (Å²) in [6.07, 6.45) is 34.1. The van der Waals surface area contributed by atoms with Gasteiger partial charge in [-0.15, -0.1) is 0 Å². The number of ketones is 2. The van der Waals surface area contributed by atoms with Crippen LogP contribution in [0.4, 0.5) is 0 Å². The number of unbranched alkanes of at least 4 members (excludes halogenated alkanes) is 22. The molecule has 0 aromatic heterocycles. The van der Waals surface area contributed by atoms with E-state index in [1.807, 2.05) is 0 Å². The highest BCUT2D eigenvalue weighted by Crippen LogP contribution is 2.15. The lowest BCUT2D eigenvalue weighted by Crippen LogP contribution is -1.97. The minimum Gasteiger partial charge on any atom is -0.300 e. The fourth-order valence-corrected chi connectivity index (χ4v) is 4.75. The van der Waals surface area contributed by atoms with Crippen LogP contribution < -0.4 is 0 Å². The van der Waals surface area contributed by atoms with Crippen LogP contribution in [0.5, 0.6) is 0 Å². The van der Waals surface area contributed by atoms with E-state index in [1.54, 1.807) is 6.92 Å². The Morgan fingerprint density at radius 3 is 0.879 bits per heavy atom. The first kappa shape index (κ1) is 32.3. The predicted octanol–water partition coefficient (Wildman–Crippen LogP) is 10.7. The van der Waals surface area contributed by atoms with E-state index in [1.165, 1.54) is 135 Å². The molecule has 0 aliphatic carbocycles. The maximum Gasteiger partial charge on any atom is 0.132 e. The zero-order valence-corrected chi connectivity index (χ0v) is 22.9. The number of carbonyl (C=O) groups excluding carboxylic acids is 2. The first-order valence-electron chi connectivity index (χ1n) is 15.2. The third-order valence-electron chi connectivity index (χ3n) is 7.04. The normalized spacial score (nSPS) is 11.2. The van der Waals surface area contributed by atoms with Gasteiger partial charge in [-0.1, -0.05) is 142 Å². The van der Waals surface area contributed by atoms with Gasteiger partial charge in [0.05, 0.1) is 0 Å². The molecule has 0 saturated heterocycles. The van der Waals surface area contributed by atoms with Crippen LogP contribution in [0.3, 0.4) is 0 Å². The molecule has 2 heteroatoms. The van der Waals surface area contributed by atoms with Crippen molar-refractivity contribution < 1.29 is 9.59 Å². The first-order chi connectivity index (χ1) is 16.2. The van der Waals surface area contributed by atoms with Gasteiger partial charge in [0.1, 0.15) is 11.6 Å². The fraction of sp³-hybridized carbons (Fsp3) is 0.935. The van der Waals surface area contributed by atoms with Crippen LogP contribution >= 0.6 is 0 Å². The van der Waals surface area contributed by atoms with Gasteiger partial charge in [-0.25, -0.2) is 0 Å². The summed E-state index contributed by atoms with van der Waals surface area (Å²) in [4.78, 5) is 22.9. The summed E-state index contributed by atoms with van der Waals surface area (Å²) < 4.78 is 0. The highest BCUT2D eigenvalue weighted by Gasteiger charge is 2.02. The van der Waals surface area contributed by atoms with Gasteiger partial charge in [-0.3, -0.25) is 4.79 Å². The molecule has 0 saturated carbocycles. The molecule has 0 atom stereocenters. The maximum atomic E-state index is 12.0. The minimum absolute atomic E-state index is 0.330. The van der Waals surface area contributed by atoms with Gasteiger partial charge in [0, 0.05) is 19.3 Å². The SMILES string of the molecule is CCCCCCCCCCCCCCCC(=O)CCCCCCCCCCCCCC(C)=O. The molecule has 0 fully saturated rings. The average Bonchev–Trinajstić information content (AvgIpc) is 2.79. The molecule has 0 radical (unpaired) electrons. The van der Waals surface area contributed by atoms with Crippen LogP contribution in [0.25, 0.3) is 0 Å². The molecule has 0 aliphatic heterocycles. The number of hydrogen-bond donors (Lipinski definition) is 0. The quantitative estimate of drug-likeness (QED) is 0.108. The maximum absolute atomic E-state index is 12.0. The van der Waals surface area contributed by atoms with E-state index in [9.17, 15) is 9.59 Å². The average molecular weight is 465 g/mol. The van der Waals surface area contributed by atoms with Crippen molar-refractivity contribution in [2.24, 2.45) is 0 Å². The lowest BCUT2D eigenvalue weighted by molar-refractivity contribution is -0.119. The van der Waals surface area contributed by atoms with E-state index in [4.69, 9.17) is 0 Å². The number of hydrogen-bond acceptors (Lipinski definition) is 2. The van der Waals surface area contributed by atoms with Crippen molar-refractivity contribution in [3.63, 3.8) is 0 Å². The summed E-state index contributed by atoms with van der Waals surface area (Å²) in [5.74, 6) is 0.833. The zero-order chi connectivity index (χ0) is 24.2. The summed E-state index contributed by atoms with van der Waals surface area (Å²) >= 11 is 0. The molecule has 0 N–H and O–H groups in total. The van der Waals surface area contributed by atoms with Crippen LogP contribution in [0.2, 0.25) is 0 Å². The molecule has 0 rings (SSSR count). The Labute approximate surface area is 208 Å². The van der Waals surface area contributed by atoms with E-state index in [0.29, 0.717) is 11.6 Å². The molecule has 0 unspecified atom stereocenters. The fourth-order valence-electron chi connectivity index (χ4n) is 4.75. The Bertz CT molecular complexity index is 415. The Balaban J connectivity index is 3.16. The first-order valence-corrected chi connectivity index (χ1v) is 15.2. The number of rotatable bonds is 28. The number of Topliss-reactive ketones (excluding diaryl/α,β-unsaturated/α-hetero) is 2. The predicted molar refractivity (Wildman–Crippen MR) is 146 cm³/mol. The van der Waals surface area contributed by atoms with E-state index < -0.39 is 0 Å². The molecule has 0 aliphatic rings. The summed E-state index contributed by atoms with van der Waals surface area (Å²) in [7, 11) is 0. The van der Waals surface area contributed by atoms with Crippen molar-refractivity contribution in [3.05, 3.63) is 0 Å². The van der Waals surface area contributed by atoms with E-state index >= 15 is 0 Å². The monoisotopic (exact) mass is 464 g/mol. The highest BCUT2D eigenvalue weighted by molar-refractivity contribution is 5.78. The zero-order valence-electron chi connectivity index (χ0n) is 22.9. The van der Waals surface area contributed by atoms with Gasteiger partial charge in [-0.05, 0) is 26.2 Å². The van der Waals surface area contributed by atoms with Gasteiger partial charge in [0.2, 0.25) is 0 Å². The number of carbonyl (C=O) groups is 2. The van der Waals surface area contributed by atoms with Crippen LogP contribution in [0.1, 0.15) is 187 Å².